The van der Waals surface area contributed by atoms with Crippen molar-refractivity contribution in [1.82, 2.24) is 0 Å². The molecular formula is C9H19NOS. The van der Waals surface area contributed by atoms with Gasteiger partial charge in [0.05, 0.1) is 11.8 Å². The Kier molecular flexibility index (Phi) is 7.61. The van der Waals surface area contributed by atoms with E-state index in [0.717, 1.165) is 30.7 Å². The van der Waals surface area contributed by atoms with Gasteiger partial charge in [0.15, 0.2) is 0 Å². The molecule has 1 unspecified atom stereocenters. The van der Waals surface area contributed by atoms with E-state index in [0.29, 0.717) is 0 Å². The van der Waals surface area contributed by atoms with Crippen LogP contribution in [0.25, 0.3) is 0 Å². The Morgan fingerprint density at radius 1 is 1.42 bits per heavy atom. The molecule has 12 heavy (non-hydrogen) atoms. The molecule has 0 bridgehead atoms. The summed E-state index contributed by atoms with van der Waals surface area (Å²) in [5.74, 6) is 1.04. The summed E-state index contributed by atoms with van der Waals surface area (Å²) in [4.78, 5) is 0. The molecule has 0 amide bonds. The van der Waals surface area contributed by atoms with Crippen molar-refractivity contribution in [3.63, 3.8) is 0 Å². The summed E-state index contributed by atoms with van der Waals surface area (Å²) in [5.41, 5.74) is 0.927. The third-order valence-electron chi connectivity index (χ3n) is 1.61. The van der Waals surface area contributed by atoms with Crippen LogP contribution >= 0.6 is 11.9 Å². The summed E-state index contributed by atoms with van der Waals surface area (Å²) in [6.45, 7) is 6.13. The van der Waals surface area contributed by atoms with Gasteiger partial charge in [-0.1, -0.05) is 20.8 Å². The summed E-state index contributed by atoms with van der Waals surface area (Å²) < 4.78 is 4.29. The van der Waals surface area contributed by atoms with Gasteiger partial charge in [0, 0.05) is 5.75 Å². The number of aliphatic hydroxyl groups excluding tert-OH is 1. The van der Waals surface area contributed by atoms with Crippen molar-refractivity contribution < 1.29 is 5.11 Å². The van der Waals surface area contributed by atoms with E-state index >= 15 is 0 Å². The van der Waals surface area contributed by atoms with Crippen molar-refractivity contribution in [2.75, 3.05) is 5.75 Å². The molecule has 0 radical (unpaired) electrons. The highest BCUT2D eigenvalue weighted by Crippen LogP contribution is 2.08. The number of nitrogens with zero attached hydrogens (tertiary/aromatic N) is 1. The predicted molar refractivity (Wildman–Crippen MR) is 56.8 cm³/mol. The largest absolute Gasteiger partial charge is 0.387 e. The van der Waals surface area contributed by atoms with Crippen LogP contribution in [0.1, 0.15) is 40.0 Å². The molecule has 0 rings (SSSR count). The SMILES string of the molecule is CCCS/N=C(/CC)C(O)CC. The third-order valence-corrected chi connectivity index (χ3v) is 2.57. The van der Waals surface area contributed by atoms with Gasteiger partial charge >= 0.3 is 0 Å². The average Bonchev–Trinajstić information content (AvgIpc) is 2.11. The first-order chi connectivity index (χ1) is 5.76. The van der Waals surface area contributed by atoms with E-state index in [2.05, 4.69) is 11.3 Å². The zero-order valence-corrected chi connectivity index (χ0v) is 9.02. The van der Waals surface area contributed by atoms with E-state index in [1.54, 1.807) is 11.9 Å². The van der Waals surface area contributed by atoms with Crippen molar-refractivity contribution in [2.45, 2.75) is 46.1 Å². The first kappa shape index (κ1) is 12.0. The lowest BCUT2D eigenvalue weighted by molar-refractivity contribution is 0.235. The second-order valence-electron chi connectivity index (χ2n) is 2.69. The summed E-state index contributed by atoms with van der Waals surface area (Å²) in [6, 6.07) is 0. The van der Waals surface area contributed by atoms with Crippen molar-refractivity contribution in [3.8, 4) is 0 Å². The van der Waals surface area contributed by atoms with Crippen LogP contribution in [0.3, 0.4) is 0 Å². The van der Waals surface area contributed by atoms with E-state index in [1.165, 1.54) is 0 Å². The van der Waals surface area contributed by atoms with Crippen LogP contribution in [0, 0.1) is 0 Å². The molecule has 1 N–H and O–H groups in total. The summed E-state index contributed by atoms with van der Waals surface area (Å²) >= 11 is 1.56. The van der Waals surface area contributed by atoms with Crippen LogP contribution in [0.4, 0.5) is 0 Å². The molecule has 0 heterocycles. The number of aliphatic hydroxyl groups is 1. The first-order valence-electron chi connectivity index (χ1n) is 4.62. The molecule has 0 spiro atoms. The molecule has 0 fully saturated rings. The Labute approximate surface area is 79.6 Å². The van der Waals surface area contributed by atoms with Crippen molar-refractivity contribution >= 4 is 17.7 Å². The van der Waals surface area contributed by atoms with Gasteiger partial charge in [0.25, 0.3) is 0 Å². The fourth-order valence-corrected chi connectivity index (χ4v) is 1.51. The quantitative estimate of drug-likeness (QED) is 0.396. The van der Waals surface area contributed by atoms with Gasteiger partial charge in [-0.15, -0.1) is 0 Å². The molecule has 3 heteroatoms. The van der Waals surface area contributed by atoms with Gasteiger partial charge in [-0.25, -0.2) is 4.40 Å². The normalized spacial score (nSPS) is 14.8. The van der Waals surface area contributed by atoms with Crippen LogP contribution in [0.2, 0.25) is 0 Å². The van der Waals surface area contributed by atoms with Gasteiger partial charge in [0.2, 0.25) is 0 Å². The van der Waals surface area contributed by atoms with Crippen LogP contribution < -0.4 is 0 Å². The molecule has 0 aliphatic carbocycles. The van der Waals surface area contributed by atoms with Crippen LogP contribution in [-0.2, 0) is 0 Å². The molecule has 0 aliphatic heterocycles. The summed E-state index contributed by atoms with van der Waals surface area (Å²) in [5, 5.41) is 9.47. The van der Waals surface area contributed by atoms with E-state index in [4.69, 9.17) is 0 Å². The van der Waals surface area contributed by atoms with Crippen molar-refractivity contribution in [3.05, 3.63) is 0 Å². The maximum absolute atomic E-state index is 9.47. The van der Waals surface area contributed by atoms with E-state index in [1.807, 2.05) is 13.8 Å². The molecule has 0 saturated carbocycles. The minimum absolute atomic E-state index is 0.334. The molecule has 2 nitrogen and oxygen atoms in total. The second-order valence-corrected chi connectivity index (χ2v) is 3.54. The Hall–Kier alpha value is -0.0200. The van der Waals surface area contributed by atoms with Gasteiger partial charge in [0.1, 0.15) is 0 Å². The van der Waals surface area contributed by atoms with E-state index < -0.39 is 0 Å². The number of hydrogen-bond acceptors (Lipinski definition) is 3. The molecule has 1 atom stereocenters. The standard InChI is InChI=1S/C9H19NOS/c1-4-7-12-10-8(5-2)9(11)6-3/h9,11H,4-7H2,1-3H3/b10-8-. The van der Waals surface area contributed by atoms with Crippen LogP contribution in [0.15, 0.2) is 4.40 Å². The molecule has 0 aromatic carbocycles. The lowest BCUT2D eigenvalue weighted by atomic mass is 10.1. The molecular weight excluding hydrogens is 170 g/mol. The van der Waals surface area contributed by atoms with Crippen LogP contribution in [0.5, 0.6) is 0 Å². The lowest BCUT2D eigenvalue weighted by Gasteiger charge is -2.08. The third kappa shape index (κ3) is 4.78. The molecule has 0 aliphatic rings. The molecule has 0 aromatic rings. The predicted octanol–water partition coefficient (Wildman–Crippen LogP) is 2.67. The highest BCUT2D eigenvalue weighted by molar-refractivity contribution is 7.98. The Bertz CT molecular complexity index is 136. The van der Waals surface area contributed by atoms with E-state index in [9.17, 15) is 5.11 Å². The maximum atomic E-state index is 9.47. The van der Waals surface area contributed by atoms with Gasteiger partial charge < -0.3 is 5.11 Å². The van der Waals surface area contributed by atoms with Crippen molar-refractivity contribution in [1.29, 1.82) is 0 Å². The van der Waals surface area contributed by atoms with Gasteiger partial charge in [-0.2, -0.15) is 0 Å². The fourth-order valence-electron chi connectivity index (χ4n) is 0.816. The second kappa shape index (κ2) is 7.62. The Balaban J connectivity index is 3.86. The number of rotatable bonds is 6. The summed E-state index contributed by atoms with van der Waals surface area (Å²) in [7, 11) is 0. The van der Waals surface area contributed by atoms with Gasteiger partial charge in [-0.05, 0) is 31.2 Å². The van der Waals surface area contributed by atoms with Gasteiger partial charge in [-0.3, -0.25) is 0 Å². The highest BCUT2D eigenvalue weighted by atomic mass is 32.2. The summed E-state index contributed by atoms with van der Waals surface area (Å²) in [6.07, 6.45) is 2.41. The fraction of sp³-hybridized carbons (Fsp3) is 0.889. The lowest BCUT2D eigenvalue weighted by Crippen LogP contribution is -2.17. The minimum atomic E-state index is -0.334. The van der Waals surface area contributed by atoms with Crippen LogP contribution in [-0.4, -0.2) is 22.7 Å². The number of hydrogen-bond donors (Lipinski definition) is 1. The first-order valence-corrected chi connectivity index (χ1v) is 5.57. The molecule has 0 saturated heterocycles. The smallest absolute Gasteiger partial charge is 0.0925 e. The monoisotopic (exact) mass is 189 g/mol. The Morgan fingerprint density at radius 3 is 2.50 bits per heavy atom. The van der Waals surface area contributed by atoms with Crippen molar-refractivity contribution in [2.24, 2.45) is 4.40 Å². The maximum Gasteiger partial charge on any atom is 0.0925 e. The molecule has 0 aromatic heterocycles. The zero-order valence-electron chi connectivity index (χ0n) is 8.21. The van der Waals surface area contributed by atoms with E-state index in [-0.39, 0.29) is 6.10 Å². The molecule has 72 valence electrons. The Morgan fingerprint density at radius 2 is 2.08 bits per heavy atom. The average molecular weight is 189 g/mol. The highest BCUT2D eigenvalue weighted by Gasteiger charge is 2.07. The minimum Gasteiger partial charge on any atom is -0.387 e. The topological polar surface area (TPSA) is 32.6 Å². The zero-order chi connectivity index (χ0) is 9.40.